The van der Waals surface area contributed by atoms with Crippen LogP contribution in [0.2, 0.25) is 0 Å². The molecule has 1 aromatic carbocycles. The van der Waals surface area contributed by atoms with Gasteiger partial charge in [-0.05, 0) is 62.5 Å². The molecule has 0 amide bonds. The Bertz CT molecular complexity index is 423. The Morgan fingerprint density at radius 3 is 2.89 bits per heavy atom. The summed E-state index contributed by atoms with van der Waals surface area (Å²) in [5, 5.41) is 0. The van der Waals surface area contributed by atoms with Crippen LogP contribution in [0.25, 0.3) is 5.57 Å². The summed E-state index contributed by atoms with van der Waals surface area (Å²) in [5.74, 6) is 1.60. The number of hydrogen-bond donors (Lipinski definition) is 0. The lowest BCUT2D eigenvalue weighted by Gasteiger charge is -2.27. The van der Waals surface area contributed by atoms with Crippen molar-refractivity contribution in [2.24, 2.45) is 5.92 Å². The lowest BCUT2D eigenvalue weighted by molar-refractivity contribution is 0.346. The maximum atomic E-state index is 5.32. The van der Waals surface area contributed by atoms with E-state index in [4.69, 9.17) is 4.74 Å². The van der Waals surface area contributed by atoms with Gasteiger partial charge in [0.25, 0.3) is 0 Å². The molecule has 1 aromatic rings. The van der Waals surface area contributed by atoms with E-state index < -0.39 is 0 Å². The number of rotatable bonds is 4. The van der Waals surface area contributed by atoms with Crippen molar-refractivity contribution in [3.8, 4) is 5.75 Å². The van der Waals surface area contributed by atoms with E-state index in [9.17, 15) is 0 Å². The van der Waals surface area contributed by atoms with Crippen molar-refractivity contribution in [3.63, 3.8) is 0 Å². The van der Waals surface area contributed by atoms with E-state index in [1.807, 2.05) is 6.07 Å². The normalized spacial score (nSPS) is 19.8. The Hall–Kier alpha value is -1.28. The molecule has 0 heterocycles. The third kappa shape index (κ3) is 3.14. The molecule has 0 radical (unpaired) electrons. The SMILES string of the molecule is COc1cccc(C2=CCCC[C@@H]2CN(C)C)c1. The van der Waals surface area contributed by atoms with Crippen LogP contribution in [-0.4, -0.2) is 32.6 Å². The zero-order valence-corrected chi connectivity index (χ0v) is 11.6. The van der Waals surface area contributed by atoms with Crippen molar-refractivity contribution in [1.29, 1.82) is 0 Å². The van der Waals surface area contributed by atoms with Gasteiger partial charge in [-0.1, -0.05) is 18.2 Å². The van der Waals surface area contributed by atoms with Crippen LogP contribution in [0.4, 0.5) is 0 Å². The minimum atomic E-state index is 0.654. The Balaban J connectivity index is 2.25. The molecule has 0 fully saturated rings. The fraction of sp³-hybridized carbons (Fsp3) is 0.500. The van der Waals surface area contributed by atoms with Gasteiger partial charge in [0.1, 0.15) is 5.75 Å². The van der Waals surface area contributed by atoms with Crippen molar-refractivity contribution in [3.05, 3.63) is 35.9 Å². The van der Waals surface area contributed by atoms with Gasteiger partial charge in [-0.2, -0.15) is 0 Å². The van der Waals surface area contributed by atoms with E-state index in [2.05, 4.69) is 43.3 Å². The molecular weight excluding hydrogens is 222 g/mol. The van der Waals surface area contributed by atoms with Crippen LogP contribution >= 0.6 is 0 Å². The first-order valence-corrected chi connectivity index (χ1v) is 6.70. The summed E-state index contributed by atoms with van der Waals surface area (Å²) in [6.07, 6.45) is 6.22. The van der Waals surface area contributed by atoms with E-state index in [0.717, 1.165) is 12.3 Å². The zero-order valence-electron chi connectivity index (χ0n) is 11.6. The average molecular weight is 245 g/mol. The molecule has 0 aromatic heterocycles. The van der Waals surface area contributed by atoms with Crippen LogP contribution in [-0.2, 0) is 0 Å². The molecule has 2 heteroatoms. The molecule has 0 unspecified atom stereocenters. The number of allylic oxidation sites excluding steroid dienone is 1. The number of hydrogen-bond acceptors (Lipinski definition) is 2. The predicted octanol–water partition coefficient (Wildman–Crippen LogP) is 3.44. The number of nitrogens with zero attached hydrogens (tertiary/aromatic N) is 1. The molecule has 0 spiro atoms. The largest absolute Gasteiger partial charge is 0.497 e. The first kappa shape index (κ1) is 13.2. The average Bonchev–Trinajstić information content (AvgIpc) is 2.39. The highest BCUT2D eigenvalue weighted by molar-refractivity contribution is 5.69. The second-order valence-corrected chi connectivity index (χ2v) is 5.28. The quantitative estimate of drug-likeness (QED) is 0.805. The smallest absolute Gasteiger partial charge is 0.119 e. The highest BCUT2D eigenvalue weighted by atomic mass is 16.5. The van der Waals surface area contributed by atoms with E-state index >= 15 is 0 Å². The number of methoxy groups -OCH3 is 1. The van der Waals surface area contributed by atoms with Crippen LogP contribution in [0.3, 0.4) is 0 Å². The van der Waals surface area contributed by atoms with Gasteiger partial charge in [-0.25, -0.2) is 0 Å². The van der Waals surface area contributed by atoms with Crippen LogP contribution in [0.1, 0.15) is 24.8 Å². The van der Waals surface area contributed by atoms with Gasteiger partial charge in [0.15, 0.2) is 0 Å². The summed E-state index contributed by atoms with van der Waals surface area (Å²) in [4.78, 5) is 2.28. The molecular formula is C16H23NO. The standard InChI is InChI=1S/C16H23NO/c1-17(2)12-14-7-4-5-10-16(14)13-8-6-9-15(11-13)18-3/h6,8-11,14H,4-5,7,12H2,1-3H3/t14-/m1/s1. The molecule has 0 bridgehead atoms. The fourth-order valence-corrected chi connectivity index (χ4v) is 2.73. The summed E-state index contributed by atoms with van der Waals surface area (Å²) < 4.78 is 5.32. The maximum Gasteiger partial charge on any atom is 0.119 e. The van der Waals surface area contributed by atoms with E-state index in [0.29, 0.717) is 5.92 Å². The van der Waals surface area contributed by atoms with Crippen LogP contribution in [0.15, 0.2) is 30.3 Å². The highest BCUT2D eigenvalue weighted by Gasteiger charge is 2.19. The Morgan fingerprint density at radius 1 is 1.33 bits per heavy atom. The lowest BCUT2D eigenvalue weighted by atomic mass is 9.83. The summed E-state index contributed by atoms with van der Waals surface area (Å²) >= 11 is 0. The molecule has 0 N–H and O–H groups in total. The third-order valence-corrected chi connectivity index (χ3v) is 3.55. The van der Waals surface area contributed by atoms with Crippen LogP contribution in [0, 0.1) is 5.92 Å². The Labute approximate surface area is 110 Å². The first-order valence-electron chi connectivity index (χ1n) is 6.70. The Morgan fingerprint density at radius 2 is 2.17 bits per heavy atom. The van der Waals surface area contributed by atoms with E-state index in [-0.39, 0.29) is 0 Å². The van der Waals surface area contributed by atoms with Gasteiger partial charge < -0.3 is 9.64 Å². The van der Waals surface area contributed by atoms with E-state index in [1.165, 1.54) is 30.4 Å². The third-order valence-electron chi connectivity index (χ3n) is 3.55. The topological polar surface area (TPSA) is 12.5 Å². The van der Waals surface area contributed by atoms with Gasteiger partial charge in [0, 0.05) is 6.54 Å². The number of ether oxygens (including phenoxy) is 1. The first-order chi connectivity index (χ1) is 8.70. The predicted molar refractivity (Wildman–Crippen MR) is 76.9 cm³/mol. The molecule has 18 heavy (non-hydrogen) atoms. The minimum Gasteiger partial charge on any atom is -0.497 e. The molecule has 1 atom stereocenters. The monoisotopic (exact) mass is 245 g/mol. The van der Waals surface area contributed by atoms with Gasteiger partial charge in [-0.3, -0.25) is 0 Å². The van der Waals surface area contributed by atoms with Crippen molar-refractivity contribution in [2.75, 3.05) is 27.7 Å². The maximum absolute atomic E-state index is 5.32. The molecule has 2 nitrogen and oxygen atoms in total. The van der Waals surface area contributed by atoms with Crippen molar-refractivity contribution >= 4 is 5.57 Å². The number of benzene rings is 1. The summed E-state index contributed by atoms with van der Waals surface area (Å²) in [6.45, 7) is 1.13. The molecule has 1 aliphatic rings. The molecule has 1 aliphatic carbocycles. The molecule has 0 saturated carbocycles. The molecule has 0 saturated heterocycles. The Kier molecular flexibility index (Phi) is 4.43. The molecule has 2 rings (SSSR count). The second-order valence-electron chi connectivity index (χ2n) is 5.28. The fourth-order valence-electron chi connectivity index (χ4n) is 2.73. The highest BCUT2D eigenvalue weighted by Crippen LogP contribution is 2.34. The lowest BCUT2D eigenvalue weighted by Crippen LogP contribution is -2.24. The zero-order chi connectivity index (χ0) is 13.0. The van der Waals surface area contributed by atoms with Crippen LogP contribution in [0.5, 0.6) is 5.75 Å². The van der Waals surface area contributed by atoms with Crippen molar-refractivity contribution < 1.29 is 4.74 Å². The van der Waals surface area contributed by atoms with Gasteiger partial charge in [0.05, 0.1) is 7.11 Å². The molecule has 0 aliphatic heterocycles. The summed E-state index contributed by atoms with van der Waals surface area (Å²) in [6, 6.07) is 8.44. The van der Waals surface area contributed by atoms with Crippen molar-refractivity contribution in [2.45, 2.75) is 19.3 Å². The minimum absolute atomic E-state index is 0.654. The second kappa shape index (κ2) is 6.05. The van der Waals surface area contributed by atoms with Gasteiger partial charge in [-0.15, -0.1) is 0 Å². The van der Waals surface area contributed by atoms with Gasteiger partial charge in [0.2, 0.25) is 0 Å². The summed E-state index contributed by atoms with van der Waals surface area (Å²) in [7, 11) is 6.03. The van der Waals surface area contributed by atoms with Crippen molar-refractivity contribution in [1.82, 2.24) is 4.90 Å². The van der Waals surface area contributed by atoms with Crippen LogP contribution < -0.4 is 4.74 Å². The molecule has 98 valence electrons. The van der Waals surface area contributed by atoms with E-state index in [1.54, 1.807) is 7.11 Å². The van der Waals surface area contributed by atoms with Gasteiger partial charge >= 0.3 is 0 Å². The summed E-state index contributed by atoms with van der Waals surface area (Å²) in [5.41, 5.74) is 2.81.